The summed E-state index contributed by atoms with van der Waals surface area (Å²) in [6.07, 6.45) is -1.60. The van der Waals surface area contributed by atoms with Crippen LogP contribution in [-0.4, -0.2) is 29.8 Å². The van der Waals surface area contributed by atoms with Crippen molar-refractivity contribution in [3.63, 3.8) is 0 Å². The third-order valence-electron chi connectivity index (χ3n) is 2.68. The van der Waals surface area contributed by atoms with Gasteiger partial charge in [-0.1, -0.05) is 0 Å². The van der Waals surface area contributed by atoms with Crippen LogP contribution < -0.4 is 0 Å². The number of hydrogen-bond acceptors (Lipinski definition) is 7. The van der Waals surface area contributed by atoms with Crippen LogP contribution in [-0.2, 0) is 27.2 Å². The van der Waals surface area contributed by atoms with Crippen molar-refractivity contribution in [2.75, 3.05) is 0 Å². The molecule has 0 radical (unpaired) electrons. The average molecular weight is 397 g/mol. The third kappa shape index (κ3) is 8.82. The van der Waals surface area contributed by atoms with Gasteiger partial charge in [-0.15, -0.1) is 0 Å². The molecule has 0 atom stereocenters. The van der Waals surface area contributed by atoms with Crippen LogP contribution in [0.3, 0.4) is 0 Å². The summed E-state index contributed by atoms with van der Waals surface area (Å²) >= 11 is 0. The molecule has 0 spiro atoms. The lowest BCUT2D eigenvalue weighted by atomic mass is 10.4. The van der Waals surface area contributed by atoms with Crippen LogP contribution in [0.5, 0.6) is 0 Å². The second kappa shape index (κ2) is 10.8. The molecule has 0 heterocycles. The lowest BCUT2D eigenvalue weighted by molar-refractivity contribution is 0.122. The van der Waals surface area contributed by atoms with Crippen molar-refractivity contribution < 1.29 is 27.2 Å². The molecule has 7 nitrogen and oxygen atoms in total. The fraction of sp³-hybridized carbons (Fsp3) is 0.938. The third-order valence-corrected chi connectivity index (χ3v) is 9.21. The Bertz CT molecular complexity index is 461. The molecule has 9 heteroatoms. The van der Waals surface area contributed by atoms with Crippen molar-refractivity contribution in [1.29, 1.82) is 5.26 Å². The first-order chi connectivity index (χ1) is 11.4. The highest BCUT2D eigenvalue weighted by Crippen LogP contribution is 2.73. The summed E-state index contributed by atoms with van der Waals surface area (Å²) in [7, 11) is -7.74. The molecule has 148 valence electrons. The van der Waals surface area contributed by atoms with E-state index in [2.05, 4.69) is 0 Å². The molecular weight excluding hydrogens is 364 g/mol. The SMILES string of the molecule is CC(C)OP(=O)(OC(C)C)C(CCC#N)P(=O)(OC(C)C)OC(C)C. The molecule has 0 aromatic rings. The standard InChI is InChI=1S/C16H33NO6P2/c1-12(2)20-24(18,21-13(3)4)16(10-9-11-17)25(19,22-14(5)6)23-15(7)8/h12-16H,9-10H2,1-8H3. The molecule has 0 aliphatic rings. The molecule has 25 heavy (non-hydrogen) atoms. The van der Waals surface area contributed by atoms with E-state index >= 15 is 0 Å². The van der Waals surface area contributed by atoms with E-state index in [-0.39, 0.29) is 12.8 Å². The summed E-state index contributed by atoms with van der Waals surface area (Å²) < 4.78 is 49.6. The topological polar surface area (TPSA) is 94.9 Å². The van der Waals surface area contributed by atoms with Crippen LogP contribution >= 0.6 is 15.2 Å². The largest absolute Gasteiger partial charge is 0.346 e. The van der Waals surface area contributed by atoms with Crippen molar-refractivity contribution in [3.05, 3.63) is 0 Å². The highest BCUT2D eigenvalue weighted by molar-refractivity contribution is 7.72. The minimum absolute atomic E-state index is 0.0317. The molecule has 0 aromatic heterocycles. The number of hydrogen-bond donors (Lipinski definition) is 0. The van der Waals surface area contributed by atoms with Crippen molar-refractivity contribution in [2.24, 2.45) is 0 Å². The van der Waals surface area contributed by atoms with E-state index in [1.54, 1.807) is 55.4 Å². The Balaban J connectivity index is 6.13. The molecule has 0 aliphatic carbocycles. The summed E-state index contributed by atoms with van der Waals surface area (Å²) in [5.74, 6) is 0. The van der Waals surface area contributed by atoms with E-state index in [9.17, 15) is 9.13 Å². The molecular formula is C16H33NO6P2. The molecule has 0 aliphatic heterocycles. The Morgan fingerprint density at radius 2 is 1.00 bits per heavy atom. The average Bonchev–Trinajstić information content (AvgIpc) is 2.33. The van der Waals surface area contributed by atoms with Crippen molar-refractivity contribution in [2.45, 2.75) is 98.0 Å². The molecule has 0 fully saturated rings. The van der Waals surface area contributed by atoms with E-state index in [0.717, 1.165) is 0 Å². The first-order valence-corrected chi connectivity index (χ1v) is 11.9. The fourth-order valence-electron chi connectivity index (χ4n) is 2.19. The summed E-state index contributed by atoms with van der Waals surface area (Å²) in [4.78, 5) is 0. The predicted octanol–water partition coefficient (Wildman–Crippen LogP) is 5.70. The molecule has 0 N–H and O–H groups in total. The van der Waals surface area contributed by atoms with Gasteiger partial charge in [-0.05, 0) is 61.8 Å². The quantitative estimate of drug-likeness (QED) is 0.390. The monoisotopic (exact) mass is 397 g/mol. The summed E-state index contributed by atoms with van der Waals surface area (Å²) in [5.41, 5.74) is 0. The maximum absolute atomic E-state index is 13.6. The zero-order chi connectivity index (χ0) is 19.8. The maximum Gasteiger partial charge on any atom is 0.346 e. The molecule has 0 rings (SSSR count). The van der Waals surface area contributed by atoms with Crippen LogP contribution in [0.1, 0.15) is 68.2 Å². The Morgan fingerprint density at radius 1 is 0.720 bits per heavy atom. The summed E-state index contributed by atoms with van der Waals surface area (Å²) in [6.45, 7) is 13.7. The summed E-state index contributed by atoms with van der Waals surface area (Å²) in [6, 6.07) is 1.99. The van der Waals surface area contributed by atoms with Gasteiger partial charge < -0.3 is 18.1 Å². The van der Waals surface area contributed by atoms with Crippen molar-refractivity contribution in [1.82, 2.24) is 0 Å². The summed E-state index contributed by atoms with van der Waals surface area (Å²) in [5, 5.41) is 7.82. The number of nitrogens with zero attached hydrogens (tertiary/aromatic N) is 1. The van der Waals surface area contributed by atoms with Gasteiger partial charge in [0.25, 0.3) is 0 Å². The Kier molecular flexibility index (Phi) is 10.7. The Morgan fingerprint density at radius 3 is 1.20 bits per heavy atom. The van der Waals surface area contributed by atoms with Crippen LogP contribution in [0.25, 0.3) is 0 Å². The molecule has 0 saturated carbocycles. The van der Waals surface area contributed by atoms with Crippen LogP contribution in [0.15, 0.2) is 0 Å². The van der Waals surface area contributed by atoms with Gasteiger partial charge in [0.1, 0.15) is 0 Å². The first-order valence-electron chi connectivity index (χ1n) is 8.66. The lowest BCUT2D eigenvalue weighted by Crippen LogP contribution is -2.23. The minimum Gasteiger partial charge on any atom is -0.305 e. The first kappa shape index (κ1) is 24.8. The highest BCUT2D eigenvalue weighted by Gasteiger charge is 2.52. The van der Waals surface area contributed by atoms with Crippen molar-refractivity contribution in [3.8, 4) is 6.07 Å². The maximum atomic E-state index is 13.6. The fourth-order valence-corrected chi connectivity index (χ4v) is 8.13. The van der Waals surface area contributed by atoms with Crippen molar-refractivity contribution >= 4 is 15.2 Å². The van der Waals surface area contributed by atoms with E-state index in [1.807, 2.05) is 6.07 Å². The predicted molar refractivity (Wildman–Crippen MR) is 98.7 cm³/mol. The van der Waals surface area contributed by atoms with Gasteiger partial charge in [0.2, 0.25) is 0 Å². The lowest BCUT2D eigenvalue weighted by Gasteiger charge is -2.35. The van der Waals surface area contributed by atoms with Gasteiger partial charge in [-0.3, -0.25) is 9.13 Å². The molecule has 0 aromatic carbocycles. The molecule has 0 amide bonds. The zero-order valence-corrected chi connectivity index (χ0v) is 18.4. The normalized spacial score (nSPS) is 13.4. The molecule has 0 unspecified atom stereocenters. The number of nitriles is 1. The smallest absolute Gasteiger partial charge is 0.305 e. The minimum atomic E-state index is -3.87. The second-order valence-corrected chi connectivity index (χ2v) is 11.5. The van der Waals surface area contributed by atoms with Gasteiger partial charge in [0.05, 0.1) is 30.5 Å². The van der Waals surface area contributed by atoms with Gasteiger partial charge in [-0.25, -0.2) is 0 Å². The van der Waals surface area contributed by atoms with E-state index in [4.69, 9.17) is 23.4 Å². The Hall–Kier alpha value is -0.210. The van der Waals surface area contributed by atoms with Gasteiger partial charge in [0, 0.05) is 6.42 Å². The molecule has 0 bridgehead atoms. The van der Waals surface area contributed by atoms with Gasteiger partial charge >= 0.3 is 15.2 Å². The zero-order valence-electron chi connectivity index (χ0n) is 16.6. The Labute approximate surface area is 152 Å². The van der Waals surface area contributed by atoms with Crippen LogP contribution in [0.4, 0.5) is 0 Å². The number of rotatable bonds is 12. The highest BCUT2D eigenvalue weighted by atomic mass is 31.2. The van der Waals surface area contributed by atoms with E-state index < -0.39 is 45.0 Å². The van der Waals surface area contributed by atoms with E-state index in [1.165, 1.54) is 0 Å². The van der Waals surface area contributed by atoms with Crippen LogP contribution in [0.2, 0.25) is 0 Å². The second-order valence-electron chi connectivity index (χ2n) is 6.87. The van der Waals surface area contributed by atoms with Gasteiger partial charge in [-0.2, -0.15) is 5.26 Å². The van der Waals surface area contributed by atoms with E-state index in [0.29, 0.717) is 0 Å². The molecule has 0 saturated heterocycles. The van der Waals surface area contributed by atoms with Gasteiger partial charge in [0.15, 0.2) is 5.40 Å². The van der Waals surface area contributed by atoms with Crippen LogP contribution in [0, 0.1) is 11.3 Å².